The van der Waals surface area contributed by atoms with Crippen molar-refractivity contribution in [1.82, 2.24) is 19.7 Å². The predicted molar refractivity (Wildman–Crippen MR) is 76.8 cm³/mol. The van der Waals surface area contributed by atoms with Crippen LogP contribution in [-0.4, -0.2) is 38.8 Å². The lowest BCUT2D eigenvalue weighted by Gasteiger charge is -2.47. The molecule has 2 unspecified atom stereocenters. The molecule has 3 fully saturated rings. The first-order valence-electron chi connectivity index (χ1n) is 7.63. The summed E-state index contributed by atoms with van der Waals surface area (Å²) in [6, 6.07) is 2.08. The van der Waals surface area contributed by atoms with Crippen molar-refractivity contribution >= 4 is 12.2 Å². The summed E-state index contributed by atoms with van der Waals surface area (Å²) < 4.78 is 3.21. The van der Waals surface area contributed by atoms with Crippen molar-refractivity contribution in [3.05, 3.63) is 10.6 Å². The minimum Gasteiger partial charge on any atom is -0.301 e. The van der Waals surface area contributed by atoms with Gasteiger partial charge >= 0.3 is 0 Å². The van der Waals surface area contributed by atoms with E-state index in [0.717, 1.165) is 16.9 Å². The van der Waals surface area contributed by atoms with Gasteiger partial charge in [-0.3, -0.25) is 5.10 Å². The Labute approximate surface area is 119 Å². The number of nitrogens with zero attached hydrogens (tertiary/aromatic N) is 3. The zero-order chi connectivity index (χ0) is 13.0. The number of fused-ring (bicyclic) bond motifs is 2. The highest BCUT2D eigenvalue weighted by Crippen LogP contribution is 2.43. The molecular formula is C14H22N4S. The van der Waals surface area contributed by atoms with Gasteiger partial charge in [0.1, 0.15) is 5.82 Å². The van der Waals surface area contributed by atoms with Crippen LogP contribution in [0.3, 0.4) is 0 Å². The normalized spacial score (nSPS) is 35.5. The lowest BCUT2D eigenvalue weighted by atomic mass is 9.82. The maximum atomic E-state index is 5.49. The second kappa shape index (κ2) is 4.42. The van der Waals surface area contributed by atoms with Crippen LogP contribution in [0, 0.1) is 4.77 Å². The van der Waals surface area contributed by atoms with Crippen LogP contribution < -0.4 is 0 Å². The fourth-order valence-electron chi connectivity index (χ4n) is 4.10. The monoisotopic (exact) mass is 278 g/mol. The van der Waals surface area contributed by atoms with E-state index in [1.165, 1.54) is 50.8 Å². The summed E-state index contributed by atoms with van der Waals surface area (Å²) in [4.78, 5) is 2.61. The molecule has 0 spiro atoms. The lowest BCUT2D eigenvalue weighted by Crippen LogP contribution is -2.50. The topological polar surface area (TPSA) is 36.9 Å². The van der Waals surface area contributed by atoms with Crippen LogP contribution in [0.5, 0.6) is 0 Å². The Bertz CT molecular complexity index is 516. The SMILES string of the molecule is CN1C2CCCC1CC(n1c(C3CC3)n[nH]c1=S)C2. The highest BCUT2D eigenvalue weighted by atomic mass is 32.1. The molecule has 19 heavy (non-hydrogen) atoms. The molecule has 3 heterocycles. The Hall–Kier alpha value is -0.680. The fraction of sp³-hybridized carbons (Fsp3) is 0.857. The van der Waals surface area contributed by atoms with E-state index in [9.17, 15) is 0 Å². The Morgan fingerprint density at radius 1 is 1.11 bits per heavy atom. The molecule has 2 bridgehead atoms. The van der Waals surface area contributed by atoms with Crippen LogP contribution in [0.25, 0.3) is 0 Å². The first kappa shape index (κ1) is 12.1. The molecule has 0 radical (unpaired) electrons. The maximum absolute atomic E-state index is 5.49. The second-order valence-electron chi connectivity index (χ2n) is 6.56. The van der Waals surface area contributed by atoms with Gasteiger partial charge in [0.2, 0.25) is 0 Å². The van der Waals surface area contributed by atoms with Gasteiger partial charge < -0.3 is 9.47 Å². The molecule has 0 amide bonds. The van der Waals surface area contributed by atoms with E-state index in [2.05, 4.69) is 26.7 Å². The van der Waals surface area contributed by atoms with E-state index < -0.39 is 0 Å². The van der Waals surface area contributed by atoms with Gasteiger partial charge in [0.25, 0.3) is 0 Å². The number of piperidine rings is 2. The third-order valence-electron chi connectivity index (χ3n) is 5.35. The highest BCUT2D eigenvalue weighted by Gasteiger charge is 2.39. The van der Waals surface area contributed by atoms with E-state index in [4.69, 9.17) is 12.2 Å². The van der Waals surface area contributed by atoms with Crippen molar-refractivity contribution < 1.29 is 0 Å². The smallest absolute Gasteiger partial charge is 0.195 e. The molecule has 1 N–H and O–H groups in total. The van der Waals surface area contributed by atoms with Crippen molar-refractivity contribution in [2.24, 2.45) is 0 Å². The molecule has 3 aliphatic rings. The van der Waals surface area contributed by atoms with Crippen molar-refractivity contribution in [2.45, 2.75) is 69.0 Å². The summed E-state index contributed by atoms with van der Waals surface area (Å²) in [5.41, 5.74) is 0. The van der Waals surface area contributed by atoms with Crippen molar-refractivity contribution in [3.63, 3.8) is 0 Å². The predicted octanol–water partition coefficient (Wildman–Crippen LogP) is 3.01. The van der Waals surface area contributed by atoms with Crippen molar-refractivity contribution in [3.8, 4) is 0 Å². The zero-order valence-corrected chi connectivity index (χ0v) is 12.3. The standard InChI is InChI=1S/C14H22N4S/c1-17-10-3-2-4-11(17)8-12(7-10)18-13(9-5-6-9)15-16-14(18)19/h9-12H,2-8H2,1H3,(H,16,19). The molecule has 0 aromatic carbocycles. The summed E-state index contributed by atoms with van der Waals surface area (Å²) in [7, 11) is 2.31. The summed E-state index contributed by atoms with van der Waals surface area (Å²) in [5.74, 6) is 1.91. The van der Waals surface area contributed by atoms with Crippen LogP contribution in [0.4, 0.5) is 0 Å². The Morgan fingerprint density at radius 3 is 2.42 bits per heavy atom. The number of hydrogen-bond acceptors (Lipinski definition) is 3. The molecule has 4 rings (SSSR count). The van der Waals surface area contributed by atoms with E-state index in [1.807, 2.05) is 0 Å². The molecule has 104 valence electrons. The van der Waals surface area contributed by atoms with Gasteiger partial charge in [-0.25, -0.2) is 0 Å². The van der Waals surface area contributed by atoms with Gasteiger partial charge in [0.15, 0.2) is 4.77 Å². The molecule has 4 nitrogen and oxygen atoms in total. The number of aromatic nitrogens is 3. The highest BCUT2D eigenvalue weighted by molar-refractivity contribution is 7.71. The molecule has 2 atom stereocenters. The van der Waals surface area contributed by atoms with Crippen LogP contribution >= 0.6 is 12.2 Å². The van der Waals surface area contributed by atoms with Crippen LogP contribution in [0.2, 0.25) is 0 Å². The largest absolute Gasteiger partial charge is 0.301 e. The molecule has 2 aliphatic heterocycles. The van der Waals surface area contributed by atoms with Crippen LogP contribution in [0.1, 0.15) is 62.7 Å². The number of aromatic amines is 1. The third-order valence-corrected chi connectivity index (χ3v) is 5.64. The van der Waals surface area contributed by atoms with E-state index in [1.54, 1.807) is 0 Å². The second-order valence-corrected chi connectivity index (χ2v) is 6.95. The fourth-order valence-corrected chi connectivity index (χ4v) is 4.39. The molecule has 1 aliphatic carbocycles. The summed E-state index contributed by atoms with van der Waals surface area (Å²) >= 11 is 5.49. The maximum Gasteiger partial charge on any atom is 0.195 e. The van der Waals surface area contributed by atoms with Crippen molar-refractivity contribution in [2.75, 3.05) is 7.05 Å². The molecular weight excluding hydrogens is 256 g/mol. The zero-order valence-electron chi connectivity index (χ0n) is 11.5. The van der Waals surface area contributed by atoms with E-state index >= 15 is 0 Å². The molecule has 1 aromatic rings. The molecule has 1 aromatic heterocycles. The number of nitrogens with one attached hydrogen (secondary N) is 1. The number of H-pyrrole nitrogens is 1. The minimum atomic E-state index is 0.577. The van der Waals surface area contributed by atoms with Gasteiger partial charge in [0.05, 0.1) is 0 Å². The minimum absolute atomic E-state index is 0.577. The van der Waals surface area contributed by atoms with E-state index in [0.29, 0.717) is 12.0 Å². The average molecular weight is 278 g/mol. The molecule has 5 heteroatoms. The Balaban J connectivity index is 1.66. The number of rotatable bonds is 2. The summed E-state index contributed by atoms with van der Waals surface area (Å²) in [5, 5.41) is 7.53. The Kier molecular flexibility index (Phi) is 2.81. The quantitative estimate of drug-likeness (QED) is 0.845. The Morgan fingerprint density at radius 2 is 1.79 bits per heavy atom. The van der Waals surface area contributed by atoms with Crippen molar-refractivity contribution in [1.29, 1.82) is 0 Å². The van der Waals surface area contributed by atoms with Gasteiger partial charge in [-0.15, -0.1) is 0 Å². The van der Waals surface area contributed by atoms with Gasteiger partial charge in [-0.2, -0.15) is 5.10 Å². The average Bonchev–Trinajstić information content (AvgIpc) is 3.13. The molecule has 2 saturated heterocycles. The molecule has 1 saturated carbocycles. The lowest BCUT2D eigenvalue weighted by molar-refractivity contribution is 0.0389. The van der Waals surface area contributed by atoms with Crippen LogP contribution in [0.15, 0.2) is 0 Å². The summed E-state index contributed by atoms with van der Waals surface area (Å²) in [6.07, 6.45) is 9.19. The van der Waals surface area contributed by atoms with E-state index in [-0.39, 0.29) is 0 Å². The number of hydrogen-bond donors (Lipinski definition) is 1. The summed E-state index contributed by atoms with van der Waals surface area (Å²) in [6.45, 7) is 0. The van der Waals surface area contributed by atoms with Gasteiger partial charge in [-0.05, 0) is 57.8 Å². The van der Waals surface area contributed by atoms with Crippen LogP contribution in [-0.2, 0) is 0 Å². The first-order valence-corrected chi connectivity index (χ1v) is 8.03. The third kappa shape index (κ3) is 1.98. The first-order chi connectivity index (χ1) is 9.24. The van der Waals surface area contributed by atoms with Gasteiger partial charge in [-0.1, -0.05) is 6.42 Å². The van der Waals surface area contributed by atoms with Gasteiger partial charge in [0, 0.05) is 24.0 Å².